The topological polar surface area (TPSA) is 54.7 Å². The number of nitrogens with one attached hydrogen (secondary N) is 1. The second-order valence-electron chi connectivity index (χ2n) is 3.06. The number of anilines is 1. The Balaban J connectivity index is 2.60. The summed E-state index contributed by atoms with van der Waals surface area (Å²) in [5.41, 5.74) is 6.63. The molecule has 2 rings (SSSR count). The van der Waals surface area contributed by atoms with Crippen LogP contribution in [0.5, 0.6) is 0 Å². The van der Waals surface area contributed by atoms with Crippen molar-refractivity contribution >= 4 is 5.82 Å². The molecule has 0 bridgehead atoms. The molecule has 0 radical (unpaired) electrons. The molecule has 0 unspecified atom stereocenters. The van der Waals surface area contributed by atoms with E-state index in [-0.39, 0.29) is 5.82 Å². The first-order valence-corrected chi connectivity index (χ1v) is 4.25. The molecule has 1 aromatic carbocycles. The number of imidazole rings is 1. The zero-order valence-corrected chi connectivity index (χ0v) is 7.71. The van der Waals surface area contributed by atoms with E-state index in [4.69, 9.17) is 5.73 Å². The summed E-state index contributed by atoms with van der Waals surface area (Å²) in [6.45, 7) is 1.78. The Labute approximate surface area is 80.8 Å². The molecule has 0 aliphatic carbocycles. The largest absolute Gasteiger partial charge is 0.382 e. The highest BCUT2D eigenvalue weighted by molar-refractivity contribution is 5.70. The number of hydrogen-bond acceptors (Lipinski definition) is 2. The van der Waals surface area contributed by atoms with Gasteiger partial charge < -0.3 is 10.7 Å². The molecule has 3 nitrogen and oxygen atoms in total. The summed E-state index contributed by atoms with van der Waals surface area (Å²) in [6, 6.07) is 6.45. The molecule has 1 heterocycles. The van der Waals surface area contributed by atoms with E-state index in [0.29, 0.717) is 22.9 Å². The quantitative estimate of drug-likeness (QED) is 0.725. The molecular formula is C10H10FN3. The first-order valence-electron chi connectivity index (χ1n) is 4.25. The van der Waals surface area contributed by atoms with Crippen molar-refractivity contribution < 1.29 is 4.39 Å². The van der Waals surface area contributed by atoms with Gasteiger partial charge in [0.2, 0.25) is 0 Å². The number of rotatable bonds is 1. The fourth-order valence-electron chi connectivity index (χ4n) is 1.38. The minimum absolute atomic E-state index is 0.303. The Morgan fingerprint density at radius 2 is 2.07 bits per heavy atom. The van der Waals surface area contributed by atoms with Gasteiger partial charge >= 0.3 is 0 Å². The molecule has 1 aromatic heterocycles. The Hall–Kier alpha value is -1.84. The van der Waals surface area contributed by atoms with Crippen LogP contribution in [0.25, 0.3) is 11.3 Å². The van der Waals surface area contributed by atoms with E-state index in [1.807, 2.05) is 0 Å². The van der Waals surface area contributed by atoms with Crippen molar-refractivity contribution in [3.05, 3.63) is 35.9 Å². The minimum atomic E-state index is -0.303. The second kappa shape index (κ2) is 3.14. The van der Waals surface area contributed by atoms with Crippen LogP contribution in [-0.2, 0) is 0 Å². The first-order chi connectivity index (χ1) is 6.68. The summed E-state index contributed by atoms with van der Waals surface area (Å²) in [7, 11) is 0. The fourth-order valence-corrected chi connectivity index (χ4v) is 1.38. The summed E-state index contributed by atoms with van der Waals surface area (Å²) in [5, 5.41) is 0. The highest BCUT2D eigenvalue weighted by Gasteiger charge is 2.10. The highest BCUT2D eigenvalue weighted by Crippen LogP contribution is 2.25. The van der Waals surface area contributed by atoms with Crippen LogP contribution in [0, 0.1) is 12.7 Å². The Kier molecular flexibility index (Phi) is 1.96. The molecule has 14 heavy (non-hydrogen) atoms. The van der Waals surface area contributed by atoms with Crippen LogP contribution in [0.3, 0.4) is 0 Å². The number of nitrogen functional groups attached to an aromatic ring is 1. The van der Waals surface area contributed by atoms with Gasteiger partial charge in [0, 0.05) is 5.56 Å². The maximum absolute atomic E-state index is 13.4. The molecule has 0 amide bonds. The van der Waals surface area contributed by atoms with Gasteiger partial charge in [0.05, 0.1) is 5.69 Å². The molecule has 0 aliphatic heterocycles. The SMILES string of the molecule is Cc1nc(N)c(-c2ccccc2F)[nH]1. The number of hydrogen-bond donors (Lipinski definition) is 2. The molecule has 0 aliphatic rings. The summed E-state index contributed by atoms with van der Waals surface area (Å²) < 4.78 is 13.4. The van der Waals surface area contributed by atoms with E-state index in [9.17, 15) is 4.39 Å². The van der Waals surface area contributed by atoms with E-state index < -0.39 is 0 Å². The van der Waals surface area contributed by atoms with Gasteiger partial charge in [-0.05, 0) is 19.1 Å². The summed E-state index contributed by atoms with van der Waals surface area (Å²) in [6.07, 6.45) is 0. The lowest BCUT2D eigenvalue weighted by atomic mass is 10.1. The monoisotopic (exact) mass is 191 g/mol. The maximum atomic E-state index is 13.4. The molecule has 0 fully saturated rings. The lowest BCUT2D eigenvalue weighted by Crippen LogP contribution is -1.90. The summed E-state index contributed by atoms with van der Waals surface area (Å²) >= 11 is 0. The molecule has 0 spiro atoms. The van der Waals surface area contributed by atoms with Crippen molar-refractivity contribution in [3.63, 3.8) is 0 Å². The normalized spacial score (nSPS) is 10.4. The summed E-state index contributed by atoms with van der Waals surface area (Å²) in [4.78, 5) is 6.91. The average molecular weight is 191 g/mol. The van der Waals surface area contributed by atoms with Crippen molar-refractivity contribution in [1.82, 2.24) is 9.97 Å². The number of halogens is 1. The first kappa shape index (κ1) is 8.74. The van der Waals surface area contributed by atoms with Crippen LogP contribution in [0.1, 0.15) is 5.82 Å². The lowest BCUT2D eigenvalue weighted by Gasteiger charge is -1.99. The van der Waals surface area contributed by atoms with Crippen LogP contribution >= 0.6 is 0 Å². The zero-order valence-electron chi connectivity index (χ0n) is 7.71. The molecule has 0 saturated carbocycles. The Morgan fingerprint density at radius 1 is 1.36 bits per heavy atom. The van der Waals surface area contributed by atoms with Crippen LogP contribution in [0.2, 0.25) is 0 Å². The van der Waals surface area contributed by atoms with Crippen LogP contribution < -0.4 is 5.73 Å². The third-order valence-electron chi connectivity index (χ3n) is 1.99. The lowest BCUT2D eigenvalue weighted by molar-refractivity contribution is 0.631. The van der Waals surface area contributed by atoms with E-state index in [1.165, 1.54) is 6.07 Å². The fraction of sp³-hybridized carbons (Fsp3) is 0.100. The highest BCUT2D eigenvalue weighted by atomic mass is 19.1. The standard InChI is InChI=1S/C10H10FN3/c1-6-13-9(10(12)14-6)7-4-2-3-5-8(7)11/h2-5H,12H2,1H3,(H,13,14). The average Bonchev–Trinajstić information content (AvgIpc) is 2.46. The van der Waals surface area contributed by atoms with Gasteiger partial charge in [-0.15, -0.1) is 0 Å². The van der Waals surface area contributed by atoms with Gasteiger partial charge in [0.1, 0.15) is 17.5 Å². The molecule has 4 heteroatoms. The number of nitrogens with zero attached hydrogens (tertiary/aromatic N) is 1. The molecule has 0 saturated heterocycles. The molecule has 72 valence electrons. The maximum Gasteiger partial charge on any atom is 0.150 e. The van der Waals surface area contributed by atoms with Crippen molar-refractivity contribution in [2.75, 3.05) is 5.73 Å². The zero-order chi connectivity index (χ0) is 10.1. The van der Waals surface area contributed by atoms with Gasteiger partial charge in [0.15, 0.2) is 0 Å². The predicted molar refractivity (Wildman–Crippen MR) is 53.1 cm³/mol. The third kappa shape index (κ3) is 1.35. The van der Waals surface area contributed by atoms with Gasteiger partial charge in [-0.1, -0.05) is 12.1 Å². The van der Waals surface area contributed by atoms with Gasteiger partial charge in [-0.3, -0.25) is 0 Å². The Bertz CT molecular complexity index is 462. The van der Waals surface area contributed by atoms with Crippen molar-refractivity contribution in [1.29, 1.82) is 0 Å². The van der Waals surface area contributed by atoms with Gasteiger partial charge in [0.25, 0.3) is 0 Å². The number of aryl methyl sites for hydroxylation is 1. The van der Waals surface area contributed by atoms with Crippen LogP contribution in [0.4, 0.5) is 10.2 Å². The smallest absolute Gasteiger partial charge is 0.150 e. The van der Waals surface area contributed by atoms with Crippen molar-refractivity contribution in [2.24, 2.45) is 0 Å². The number of H-pyrrole nitrogens is 1. The second-order valence-corrected chi connectivity index (χ2v) is 3.06. The van der Waals surface area contributed by atoms with Crippen molar-refractivity contribution in [2.45, 2.75) is 6.92 Å². The number of aromatic amines is 1. The molecule has 0 atom stereocenters. The minimum Gasteiger partial charge on any atom is -0.382 e. The number of benzene rings is 1. The summed E-state index contributed by atoms with van der Waals surface area (Å²) in [5.74, 6) is 0.705. The van der Waals surface area contributed by atoms with E-state index in [2.05, 4.69) is 9.97 Å². The number of nitrogens with two attached hydrogens (primary N) is 1. The predicted octanol–water partition coefficient (Wildman–Crippen LogP) is 2.11. The van der Waals surface area contributed by atoms with Crippen molar-refractivity contribution in [3.8, 4) is 11.3 Å². The third-order valence-corrected chi connectivity index (χ3v) is 1.99. The molecule has 2 aromatic rings. The molecule has 3 N–H and O–H groups in total. The van der Waals surface area contributed by atoms with Gasteiger partial charge in [-0.25, -0.2) is 9.37 Å². The van der Waals surface area contributed by atoms with Crippen LogP contribution in [0.15, 0.2) is 24.3 Å². The van der Waals surface area contributed by atoms with E-state index in [1.54, 1.807) is 25.1 Å². The Morgan fingerprint density at radius 3 is 2.64 bits per heavy atom. The van der Waals surface area contributed by atoms with Crippen LogP contribution in [-0.4, -0.2) is 9.97 Å². The number of aromatic nitrogens is 2. The van der Waals surface area contributed by atoms with E-state index >= 15 is 0 Å². The molecular weight excluding hydrogens is 181 g/mol. The van der Waals surface area contributed by atoms with Gasteiger partial charge in [-0.2, -0.15) is 0 Å². The van der Waals surface area contributed by atoms with E-state index in [0.717, 1.165) is 0 Å².